The van der Waals surface area contributed by atoms with E-state index in [1.807, 2.05) is 42.5 Å². The van der Waals surface area contributed by atoms with Crippen molar-refractivity contribution in [1.82, 2.24) is 10.5 Å². The molecule has 4 rings (SSSR count). The molecule has 8 heteroatoms. The number of hydroxylamine groups is 1. The van der Waals surface area contributed by atoms with Crippen LogP contribution in [0, 0.1) is 0 Å². The van der Waals surface area contributed by atoms with Crippen molar-refractivity contribution in [3.63, 3.8) is 0 Å². The summed E-state index contributed by atoms with van der Waals surface area (Å²) >= 11 is 15.8. The average Bonchev–Trinajstić information content (AvgIpc) is 3.16. The second-order valence-corrected chi connectivity index (χ2v) is 9.09. The van der Waals surface area contributed by atoms with Crippen molar-refractivity contribution in [3.05, 3.63) is 88.9 Å². The molecule has 0 aliphatic heterocycles. The van der Waals surface area contributed by atoms with E-state index < -0.39 is 5.56 Å². The number of carbonyl (C=O) groups excluding carboxylic acids is 1. The van der Waals surface area contributed by atoms with Gasteiger partial charge in [-0.1, -0.05) is 71.4 Å². The summed E-state index contributed by atoms with van der Waals surface area (Å²) in [7, 11) is 0. The van der Waals surface area contributed by atoms with Crippen molar-refractivity contribution in [2.75, 3.05) is 0 Å². The number of para-hydroxylation sites is 1. The van der Waals surface area contributed by atoms with E-state index in [0.717, 1.165) is 19.5 Å². The van der Waals surface area contributed by atoms with Crippen molar-refractivity contribution in [2.45, 2.75) is 14.8 Å². The van der Waals surface area contributed by atoms with Gasteiger partial charge >= 0.3 is 0 Å². The molecular weight excluding hydrogens is 447 g/mol. The van der Waals surface area contributed by atoms with Gasteiger partial charge in [0.15, 0.2) is 9.90 Å². The summed E-state index contributed by atoms with van der Waals surface area (Å²) < 4.78 is 2.04. The third-order valence-electron chi connectivity index (χ3n) is 3.98. The number of nitrogens with zero attached hydrogens (tertiary/aromatic N) is 1. The molecule has 0 saturated heterocycles. The zero-order valence-electron chi connectivity index (χ0n) is 14.8. The average molecular weight is 461 g/mol. The number of fused-ring (bicyclic) bond motifs is 1. The fourth-order valence-electron chi connectivity index (χ4n) is 2.55. The topological polar surface area (TPSA) is 51.2 Å². The van der Waals surface area contributed by atoms with Gasteiger partial charge < -0.3 is 0 Å². The third-order valence-corrected chi connectivity index (χ3v) is 6.92. The Morgan fingerprint density at radius 2 is 1.83 bits per heavy atom. The Balaban J connectivity index is 1.41. The molecule has 0 saturated carbocycles. The van der Waals surface area contributed by atoms with E-state index >= 15 is 0 Å². The van der Waals surface area contributed by atoms with Gasteiger partial charge in [-0.15, -0.1) is 11.3 Å². The van der Waals surface area contributed by atoms with Crippen LogP contribution in [-0.2, 0) is 4.84 Å². The molecule has 146 valence electrons. The summed E-state index contributed by atoms with van der Waals surface area (Å²) in [5.74, 6) is -0.370. The van der Waals surface area contributed by atoms with Crippen LogP contribution in [0.2, 0.25) is 5.02 Å². The number of hydrogen-bond donors (Lipinski definition) is 1. The van der Waals surface area contributed by atoms with Crippen LogP contribution >= 0.6 is 46.3 Å². The summed E-state index contributed by atoms with van der Waals surface area (Å²) in [4.78, 5) is 22.8. The summed E-state index contributed by atoms with van der Waals surface area (Å²) in [6.45, 7) is 0. The van der Waals surface area contributed by atoms with Crippen LogP contribution in [0.5, 0.6) is 0 Å². The Labute approximate surface area is 185 Å². The van der Waals surface area contributed by atoms with Crippen molar-refractivity contribution < 1.29 is 9.63 Å². The third kappa shape index (κ3) is 4.91. The normalized spacial score (nSPS) is 12.1. The number of aromatic nitrogens is 1. The fraction of sp³-hybridized carbons (Fsp3) is 0.0476. The number of nitrogens with one attached hydrogen (secondary N) is 1. The highest BCUT2D eigenvalue weighted by Crippen LogP contribution is 2.39. The summed E-state index contributed by atoms with van der Waals surface area (Å²) in [5.41, 5.74) is 3.57. The molecule has 0 spiro atoms. The van der Waals surface area contributed by atoms with E-state index in [0.29, 0.717) is 16.1 Å². The number of rotatable bonds is 6. The molecule has 0 aliphatic rings. The predicted molar refractivity (Wildman–Crippen MR) is 119 cm³/mol. The summed E-state index contributed by atoms with van der Waals surface area (Å²) in [6.07, 6.45) is 0. The van der Waals surface area contributed by atoms with Crippen molar-refractivity contribution in [1.29, 1.82) is 0 Å². The van der Waals surface area contributed by atoms with E-state index in [4.69, 9.17) is 28.0 Å². The summed E-state index contributed by atoms with van der Waals surface area (Å²) in [6, 6.07) is 22.1. The van der Waals surface area contributed by atoms with E-state index in [1.54, 1.807) is 41.7 Å². The minimum atomic E-state index is -0.873. The molecule has 1 aromatic heterocycles. The number of hydrogen-bond acceptors (Lipinski definition) is 5. The van der Waals surface area contributed by atoms with Crippen molar-refractivity contribution in [3.8, 4) is 0 Å². The first-order chi connectivity index (χ1) is 14.1. The molecule has 1 amide bonds. The van der Waals surface area contributed by atoms with E-state index in [9.17, 15) is 4.79 Å². The SMILES string of the molecule is O=C(NOC(Cl)c1ccc(Sc2nc3ccccc3s2)c(Cl)c1)c1ccccc1. The van der Waals surface area contributed by atoms with Crippen LogP contribution < -0.4 is 5.48 Å². The lowest BCUT2D eigenvalue weighted by molar-refractivity contribution is 0.0165. The molecule has 1 heterocycles. The molecule has 1 N–H and O–H groups in total. The van der Waals surface area contributed by atoms with E-state index in [2.05, 4.69) is 10.5 Å². The number of carbonyl (C=O) groups is 1. The second-order valence-electron chi connectivity index (χ2n) is 5.97. The molecule has 4 nitrogen and oxygen atoms in total. The number of thiazole rings is 1. The molecule has 1 atom stereocenters. The highest BCUT2D eigenvalue weighted by molar-refractivity contribution is 8.01. The molecule has 0 fully saturated rings. The summed E-state index contributed by atoms with van der Waals surface area (Å²) in [5, 5.41) is 0.537. The number of halogens is 2. The Morgan fingerprint density at radius 1 is 1.07 bits per heavy atom. The lowest BCUT2D eigenvalue weighted by atomic mass is 10.2. The Morgan fingerprint density at radius 3 is 2.59 bits per heavy atom. The van der Waals surface area contributed by atoms with Crippen LogP contribution in [0.15, 0.2) is 82.0 Å². The first-order valence-electron chi connectivity index (χ1n) is 8.58. The van der Waals surface area contributed by atoms with Gasteiger partial charge in [0.2, 0.25) is 0 Å². The molecular formula is C21H14Cl2N2O2S2. The first-order valence-corrected chi connectivity index (χ1v) is 11.0. The van der Waals surface area contributed by atoms with Crippen molar-refractivity contribution >= 4 is 62.4 Å². The first kappa shape index (κ1) is 20.2. The predicted octanol–water partition coefficient (Wildman–Crippen LogP) is 6.70. The minimum Gasteiger partial charge on any atom is -0.267 e. The van der Waals surface area contributed by atoms with Crippen LogP contribution in [0.25, 0.3) is 10.2 Å². The number of alkyl halides is 1. The standard InChI is InChI=1S/C21H14Cl2N2O2S2/c22-15-12-14(19(23)27-25-20(26)13-6-2-1-3-7-13)10-11-17(15)28-21-24-16-8-4-5-9-18(16)29-21/h1-12,19H,(H,25,26). The highest BCUT2D eigenvalue weighted by atomic mass is 35.5. The molecule has 29 heavy (non-hydrogen) atoms. The quantitative estimate of drug-likeness (QED) is 0.256. The molecule has 0 aliphatic carbocycles. The van der Waals surface area contributed by atoms with Gasteiger partial charge in [-0.3, -0.25) is 4.79 Å². The minimum absolute atomic E-state index is 0.370. The van der Waals surface area contributed by atoms with Gasteiger partial charge in [0.05, 0.1) is 15.2 Å². The van der Waals surface area contributed by atoms with Crippen LogP contribution in [0.1, 0.15) is 21.5 Å². The smallest absolute Gasteiger partial charge is 0.267 e. The number of benzene rings is 3. The van der Waals surface area contributed by atoms with Crippen LogP contribution in [-0.4, -0.2) is 10.9 Å². The fourth-order valence-corrected chi connectivity index (χ4v) is 5.06. The van der Waals surface area contributed by atoms with Crippen LogP contribution in [0.4, 0.5) is 0 Å². The molecule has 1 unspecified atom stereocenters. The number of amides is 1. The van der Waals surface area contributed by atoms with Crippen molar-refractivity contribution in [2.24, 2.45) is 0 Å². The zero-order chi connectivity index (χ0) is 20.2. The second kappa shape index (κ2) is 9.15. The Kier molecular flexibility index (Phi) is 6.37. The Hall–Kier alpha value is -2.09. The molecule has 0 bridgehead atoms. The maximum absolute atomic E-state index is 12.0. The van der Waals surface area contributed by atoms with E-state index in [-0.39, 0.29) is 5.91 Å². The monoisotopic (exact) mass is 460 g/mol. The lowest BCUT2D eigenvalue weighted by Gasteiger charge is -2.13. The molecule has 0 radical (unpaired) electrons. The lowest BCUT2D eigenvalue weighted by Crippen LogP contribution is -2.24. The van der Waals surface area contributed by atoms with Gasteiger partial charge in [-0.2, -0.15) is 0 Å². The maximum atomic E-state index is 12.0. The van der Waals surface area contributed by atoms with Gasteiger partial charge in [0.25, 0.3) is 5.91 Å². The van der Waals surface area contributed by atoms with Crippen LogP contribution in [0.3, 0.4) is 0 Å². The zero-order valence-corrected chi connectivity index (χ0v) is 18.0. The maximum Gasteiger partial charge on any atom is 0.274 e. The van der Waals surface area contributed by atoms with Gasteiger partial charge in [-0.05, 0) is 42.0 Å². The largest absolute Gasteiger partial charge is 0.274 e. The van der Waals surface area contributed by atoms with Gasteiger partial charge in [0, 0.05) is 10.5 Å². The van der Waals surface area contributed by atoms with Gasteiger partial charge in [0.1, 0.15) is 0 Å². The Bertz CT molecular complexity index is 1120. The highest BCUT2D eigenvalue weighted by Gasteiger charge is 2.15. The molecule has 4 aromatic rings. The van der Waals surface area contributed by atoms with Gasteiger partial charge in [-0.25, -0.2) is 15.3 Å². The molecule has 3 aromatic carbocycles. The van der Waals surface area contributed by atoms with E-state index in [1.165, 1.54) is 11.8 Å².